The molecule has 2 rings (SSSR count). The van der Waals surface area contributed by atoms with Crippen molar-refractivity contribution in [3.05, 3.63) is 36.2 Å². The molecule has 7 nitrogen and oxygen atoms in total. The maximum absolute atomic E-state index is 8.74. The van der Waals surface area contributed by atoms with Crippen molar-refractivity contribution in [3.63, 3.8) is 0 Å². The number of pyridine rings is 2. The van der Waals surface area contributed by atoms with Gasteiger partial charge in [0.2, 0.25) is 0 Å². The van der Waals surface area contributed by atoms with Gasteiger partial charge >= 0.3 is 0 Å². The van der Waals surface area contributed by atoms with E-state index < -0.39 is 0 Å². The molecule has 3 N–H and O–H groups in total. The van der Waals surface area contributed by atoms with Crippen LogP contribution in [0.4, 0.5) is 0 Å². The first-order valence-corrected chi connectivity index (χ1v) is 5.72. The van der Waals surface area contributed by atoms with Crippen LogP contribution in [0.25, 0.3) is 11.4 Å². The molecule has 0 saturated heterocycles. The average molecular weight is 274 g/mol. The maximum Gasteiger partial charge on any atom is 0.188 e. The van der Waals surface area contributed by atoms with E-state index in [9.17, 15) is 0 Å². The molecule has 0 aliphatic heterocycles. The van der Waals surface area contributed by atoms with Crippen LogP contribution in [0.15, 0.2) is 35.6 Å². The molecule has 7 heteroatoms. The Kier molecular flexibility index (Phi) is 3.99. The third-order valence-electron chi connectivity index (χ3n) is 2.63. The summed E-state index contributed by atoms with van der Waals surface area (Å²) in [5, 5.41) is 11.7. The summed E-state index contributed by atoms with van der Waals surface area (Å²) in [4.78, 5) is 8.50. The highest BCUT2D eigenvalue weighted by molar-refractivity contribution is 5.96. The first-order chi connectivity index (χ1) is 9.67. The molecule has 0 saturated carbocycles. The van der Waals surface area contributed by atoms with E-state index in [2.05, 4.69) is 15.1 Å². The normalized spacial score (nSPS) is 11.2. The van der Waals surface area contributed by atoms with Crippen LogP contribution in [0, 0.1) is 0 Å². The highest BCUT2D eigenvalue weighted by Crippen LogP contribution is 2.24. The average Bonchev–Trinajstić information content (AvgIpc) is 2.53. The number of aromatic nitrogens is 2. The van der Waals surface area contributed by atoms with E-state index in [1.165, 1.54) is 7.11 Å². The van der Waals surface area contributed by atoms with Gasteiger partial charge in [0.05, 0.1) is 25.6 Å². The Balaban J connectivity index is 2.55. The molecule has 0 aromatic carbocycles. The van der Waals surface area contributed by atoms with Crippen LogP contribution in [0.1, 0.15) is 5.69 Å². The highest BCUT2D eigenvalue weighted by atomic mass is 16.5. The molecule has 0 spiro atoms. The lowest BCUT2D eigenvalue weighted by atomic mass is 10.2. The van der Waals surface area contributed by atoms with Gasteiger partial charge in [-0.1, -0.05) is 5.16 Å². The molecule has 0 aliphatic rings. The van der Waals surface area contributed by atoms with Gasteiger partial charge in [0.1, 0.15) is 17.2 Å². The number of ether oxygens (including phenoxy) is 2. The molecule has 0 bridgehead atoms. The number of nitrogens with zero attached hydrogens (tertiary/aromatic N) is 3. The van der Waals surface area contributed by atoms with Gasteiger partial charge in [-0.25, -0.2) is 4.98 Å². The van der Waals surface area contributed by atoms with Crippen LogP contribution in [0.2, 0.25) is 0 Å². The van der Waals surface area contributed by atoms with Crippen LogP contribution in [0.3, 0.4) is 0 Å². The standard InChI is InChI=1S/C13H14N4O3/c1-19-8-3-4-15-10(5-8)11-6-9(20-2)7-12(16-11)13(14)17-18/h3-7,18H,1-2H3,(H2,14,17). The van der Waals surface area contributed by atoms with Gasteiger partial charge in [0, 0.05) is 24.4 Å². The molecule has 0 unspecified atom stereocenters. The Morgan fingerprint density at radius 2 is 1.85 bits per heavy atom. The molecule has 104 valence electrons. The summed E-state index contributed by atoms with van der Waals surface area (Å²) >= 11 is 0. The number of hydrogen-bond acceptors (Lipinski definition) is 6. The van der Waals surface area contributed by atoms with Crippen molar-refractivity contribution in [2.45, 2.75) is 0 Å². The molecule has 0 amide bonds. The summed E-state index contributed by atoms with van der Waals surface area (Å²) in [6, 6.07) is 6.74. The van der Waals surface area contributed by atoms with E-state index in [4.69, 9.17) is 20.4 Å². The predicted octanol–water partition coefficient (Wildman–Crippen LogP) is 1.26. The lowest BCUT2D eigenvalue weighted by Gasteiger charge is -2.08. The molecule has 0 fully saturated rings. The largest absolute Gasteiger partial charge is 0.497 e. The van der Waals surface area contributed by atoms with Gasteiger partial charge in [0.15, 0.2) is 5.84 Å². The van der Waals surface area contributed by atoms with Crippen molar-refractivity contribution in [1.82, 2.24) is 9.97 Å². The van der Waals surface area contributed by atoms with Crippen molar-refractivity contribution in [3.8, 4) is 22.9 Å². The van der Waals surface area contributed by atoms with Crippen LogP contribution in [-0.4, -0.2) is 35.2 Å². The molecule has 2 aromatic rings. The predicted molar refractivity (Wildman–Crippen MR) is 73.1 cm³/mol. The second-order valence-corrected chi connectivity index (χ2v) is 3.84. The summed E-state index contributed by atoms with van der Waals surface area (Å²) < 4.78 is 10.3. The highest BCUT2D eigenvalue weighted by Gasteiger charge is 2.10. The first kappa shape index (κ1) is 13.6. The van der Waals surface area contributed by atoms with Gasteiger partial charge in [-0.3, -0.25) is 4.98 Å². The summed E-state index contributed by atoms with van der Waals surface area (Å²) in [5.41, 5.74) is 6.98. The minimum Gasteiger partial charge on any atom is -0.497 e. The van der Waals surface area contributed by atoms with E-state index in [0.717, 1.165) is 0 Å². The van der Waals surface area contributed by atoms with Crippen molar-refractivity contribution < 1.29 is 14.7 Å². The fraction of sp³-hybridized carbons (Fsp3) is 0.154. The number of nitrogens with two attached hydrogens (primary N) is 1. The lowest BCUT2D eigenvalue weighted by molar-refractivity contribution is 0.318. The van der Waals surface area contributed by atoms with Crippen LogP contribution in [-0.2, 0) is 0 Å². The first-order valence-electron chi connectivity index (χ1n) is 5.72. The zero-order valence-corrected chi connectivity index (χ0v) is 11.1. The van der Waals surface area contributed by atoms with Crippen molar-refractivity contribution in [2.24, 2.45) is 10.9 Å². The fourth-order valence-electron chi connectivity index (χ4n) is 1.62. The van der Waals surface area contributed by atoms with E-state index in [0.29, 0.717) is 28.6 Å². The Morgan fingerprint density at radius 1 is 1.15 bits per heavy atom. The Bertz CT molecular complexity index is 643. The zero-order chi connectivity index (χ0) is 14.5. The minimum absolute atomic E-state index is 0.104. The quantitative estimate of drug-likeness (QED) is 0.376. The van der Waals surface area contributed by atoms with Crippen LogP contribution < -0.4 is 15.2 Å². The van der Waals surface area contributed by atoms with Gasteiger partial charge in [-0.2, -0.15) is 0 Å². The van der Waals surface area contributed by atoms with Crippen molar-refractivity contribution >= 4 is 5.84 Å². The number of amidine groups is 1. The molecule has 0 aliphatic carbocycles. The molecule has 0 radical (unpaired) electrons. The van der Waals surface area contributed by atoms with E-state index in [1.807, 2.05) is 0 Å². The molecular formula is C13H14N4O3. The van der Waals surface area contributed by atoms with E-state index >= 15 is 0 Å². The second-order valence-electron chi connectivity index (χ2n) is 3.84. The minimum atomic E-state index is -0.104. The Morgan fingerprint density at radius 3 is 2.50 bits per heavy atom. The monoisotopic (exact) mass is 274 g/mol. The maximum atomic E-state index is 8.74. The van der Waals surface area contributed by atoms with Gasteiger partial charge in [0.25, 0.3) is 0 Å². The summed E-state index contributed by atoms with van der Waals surface area (Å²) in [7, 11) is 3.09. The summed E-state index contributed by atoms with van der Waals surface area (Å²) in [6.45, 7) is 0. The fourth-order valence-corrected chi connectivity index (χ4v) is 1.62. The van der Waals surface area contributed by atoms with Crippen molar-refractivity contribution in [2.75, 3.05) is 14.2 Å². The van der Waals surface area contributed by atoms with Gasteiger partial charge in [-0.05, 0) is 6.07 Å². The molecule has 2 heterocycles. The van der Waals surface area contributed by atoms with Crippen LogP contribution >= 0.6 is 0 Å². The number of rotatable bonds is 4. The molecule has 20 heavy (non-hydrogen) atoms. The molecule has 2 aromatic heterocycles. The van der Waals surface area contributed by atoms with Crippen molar-refractivity contribution in [1.29, 1.82) is 0 Å². The van der Waals surface area contributed by atoms with Crippen LogP contribution in [0.5, 0.6) is 11.5 Å². The second kappa shape index (κ2) is 5.87. The number of oxime groups is 1. The molecule has 0 atom stereocenters. The third-order valence-corrected chi connectivity index (χ3v) is 2.63. The van der Waals surface area contributed by atoms with E-state index in [1.54, 1.807) is 37.6 Å². The lowest BCUT2D eigenvalue weighted by Crippen LogP contribution is -2.15. The summed E-state index contributed by atoms with van der Waals surface area (Å²) in [6.07, 6.45) is 1.61. The SMILES string of the molecule is COc1ccnc(-c2cc(OC)cc(/C(N)=N/O)n2)c1. The van der Waals surface area contributed by atoms with Gasteiger partial charge < -0.3 is 20.4 Å². The number of methoxy groups -OCH3 is 2. The Labute approximate surface area is 115 Å². The number of hydrogen-bond donors (Lipinski definition) is 2. The third kappa shape index (κ3) is 2.77. The smallest absolute Gasteiger partial charge is 0.188 e. The Hall–Kier alpha value is -2.83. The van der Waals surface area contributed by atoms with Gasteiger partial charge in [-0.15, -0.1) is 0 Å². The zero-order valence-electron chi connectivity index (χ0n) is 11.1. The topological polar surface area (TPSA) is 103 Å². The summed E-state index contributed by atoms with van der Waals surface area (Å²) in [5.74, 6) is 1.08. The van der Waals surface area contributed by atoms with E-state index in [-0.39, 0.29) is 5.84 Å². The molecular weight excluding hydrogens is 260 g/mol.